The number of nitrogens with zero attached hydrogens (tertiary/aromatic N) is 2. The molecule has 84 valence electrons. The highest BCUT2D eigenvalue weighted by molar-refractivity contribution is 9.10. The van der Waals surface area contributed by atoms with Crippen molar-refractivity contribution in [3.8, 4) is 0 Å². The number of thioether (sulfide) groups is 1. The molecule has 0 radical (unpaired) electrons. The van der Waals surface area contributed by atoms with Crippen LogP contribution in [0, 0.1) is 0 Å². The zero-order chi connectivity index (χ0) is 11.4. The molecule has 0 aliphatic rings. The highest BCUT2D eigenvalue weighted by Gasteiger charge is 2.02. The molecule has 0 amide bonds. The van der Waals surface area contributed by atoms with Crippen LogP contribution in [0.25, 0.3) is 0 Å². The van der Waals surface area contributed by atoms with Crippen LogP contribution in [0.15, 0.2) is 46.0 Å². The molecule has 0 unspecified atom stereocenters. The molecule has 0 N–H and O–H groups in total. The number of benzene rings is 1. The van der Waals surface area contributed by atoms with Crippen LogP contribution in [-0.4, -0.2) is 9.55 Å². The average Bonchev–Trinajstić information content (AvgIpc) is 2.74. The monoisotopic (exact) mass is 296 g/mol. The summed E-state index contributed by atoms with van der Waals surface area (Å²) in [6.07, 6.45) is 3.89. The third kappa shape index (κ3) is 2.89. The summed E-state index contributed by atoms with van der Waals surface area (Å²) in [7, 11) is 0. The predicted molar refractivity (Wildman–Crippen MR) is 71.6 cm³/mol. The van der Waals surface area contributed by atoms with Crippen molar-refractivity contribution in [2.75, 3.05) is 0 Å². The fourth-order valence-electron chi connectivity index (χ4n) is 1.47. The van der Waals surface area contributed by atoms with E-state index in [1.54, 1.807) is 0 Å². The summed E-state index contributed by atoms with van der Waals surface area (Å²) in [6.45, 7) is 3.11. The van der Waals surface area contributed by atoms with Crippen molar-refractivity contribution in [3.63, 3.8) is 0 Å². The van der Waals surface area contributed by atoms with Gasteiger partial charge in [0.05, 0.1) is 5.75 Å². The Hall–Kier alpha value is -0.740. The zero-order valence-electron chi connectivity index (χ0n) is 9.06. The molecule has 2 aromatic rings. The minimum atomic E-state index is 0.914. The number of halogens is 1. The van der Waals surface area contributed by atoms with Gasteiger partial charge in [0.25, 0.3) is 0 Å². The van der Waals surface area contributed by atoms with Gasteiger partial charge in [-0.25, -0.2) is 4.98 Å². The van der Waals surface area contributed by atoms with E-state index < -0.39 is 0 Å². The lowest BCUT2D eigenvalue weighted by Gasteiger charge is -2.04. The van der Waals surface area contributed by atoms with Gasteiger partial charge in [0.2, 0.25) is 0 Å². The van der Waals surface area contributed by atoms with E-state index in [1.807, 2.05) is 30.2 Å². The number of hydrogen-bond acceptors (Lipinski definition) is 2. The molecule has 1 aromatic carbocycles. The molecule has 0 bridgehead atoms. The second-order valence-corrected chi connectivity index (χ2v) is 5.34. The first kappa shape index (κ1) is 11.7. The van der Waals surface area contributed by atoms with E-state index in [0.717, 1.165) is 22.6 Å². The Balaban J connectivity index is 2.02. The number of hydrogen-bond donors (Lipinski definition) is 0. The van der Waals surface area contributed by atoms with Crippen molar-refractivity contribution in [3.05, 3.63) is 47.0 Å². The van der Waals surface area contributed by atoms with Gasteiger partial charge in [-0.3, -0.25) is 0 Å². The number of aromatic nitrogens is 2. The Kier molecular flexibility index (Phi) is 4.07. The molecule has 0 spiro atoms. The lowest BCUT2D eigenvalue weighted by molar-refractivity contribution is 0.726. The van der Waals surface area contributed by atoms with Crippen LogP contribution in [-0.2, 0) is 12.3 Å². The van der Waals surface area contributed by atoms with Gasteiger partial charge >= 0.3 is 0 Å². The summed E-state index contributed by atoms with van der Waals surface area (Å²) in [5, 5.41) is 0. The lowest BCUT2D eigenvalue weighted by atomic mass is 10.4. The maximum Gasteiger partial charge on any atom is 0.119 e. The molecule has 0 saturated carbocycles. The number of imidazole rings is 1. The van der Waals surface area contributed by atoms with Crippen molar-refractivity contribution >= 4 is 27.7 Å². The second-order valence-electron chi connectivity index (χ2n) is 3.38. The zero-order valence-corrected chi connectivity index (χ0v) is 11.5. The summed E-state index contributed by atoms with van der Waals surface area (Å²) < 4.78 is 3.29. The van der Waals surface area contributed by atoms with Gasteiger partial charge in [-0.05, 0) is 25.1 Å². The van der Waals surface area contributed by atoms with Gasteiger partial charge in [0.15, 0.2) is 0 Å². The van der Waals surface area contributed by atoms with E-state index >= 15 is 0 Å². The SMILES string of the molecule is CCn1ccnc1CSc1cccc(Br)c1. The Labute approximate surface area is 108 Å². The van der Waals surface area contributed by atoms with Crippen molar-refractivity contribution in [1.82, 2.24) is 9.55 Å². The maximum absolute atomic E-state index is 4.35. The summed E-state index contributed by atoms with van der Waals surface area (Å²) in [5.74, 6) is 2.05. The molecule has 0 aliphatic heterocycles. The molecule has 2 nitrogen and oxygen atoms in total. The van der Waals surface area contributed by atoms with Gasteiger partial charge in [0.1, 0.15) is 5.82 Å². The van der Waals surface area contributed by atoms with Crippen molar-refractivity contribution in [2.45, 2.75) is 24.1 Å². The first-order chi connectivity index (χ1) is 7.79. The second kappa shape index (κ2) is 5.55. The van der Waals surface area contributed by atoms with Crippen molar-refractivity contribution in [1.29, 1.82) is 0 Å². The summed E-state index contributed by atoms with van der Waals surface area (Å²) >= 11 is 5.28. The van der Waals surface area contributed by atoms with Gasteiger partial charge in [-0.15, -0.1) is 11.8 Å². The van der Waals surface area contributed by atoms with Crippen LogP contribution >= 0.6 is 27.7 Å². The number of aryl methyl sites for hydroxylation is 1. The summed E-state index contributed by atoms with van der Waals surface area (Å²) in [6, 6.07) is 8.34. The van der Waals surface area contributed by atoms with Gasteiger partial charge in [0, 0.05) is 28.3 Å². The Bertz CT molecular complexity index is 468. The van der Waals surface area contributed by atoms with Gasteiger partial charge < -0.3 is 4.57 Å². The molecular weight excluding hydrogens is 284 g/mol. The molecule has 1 aromatic heterocycles. The summed E-state index contributed by atoms with van der Waals surface area (Å²) in [4.78, 5) is 5.62. The maximum atomic E-state index is 4.35. The minimum Gasteiger partial charge on any atom is -0.335 e. The van der Waals surface area contributed by atoms with E-state index in [1.165, 1.54) is 4.90 Å². The largest absolute Gasteiger partial charge is 0.335 e. The van der Waals surface area contributed by atoms with E-state index in [4.69, 9.17) is 0 Å². The Morgan fingerprint density at radius 2 is 2.31 bits per heavy atom. The highest BCUT2D eigenvalue weighted by Crippen LogP contribution is 2.24. The lowest BCUT2D eigenvalue weighted by Crippen LogP contribution is -1.98. The molecule has 0 fully saturated rings. The molecule has 0 saturated heterocycles. The molecular formula is C12H13BrN2S. The van der Waals surface area contributed by atoms with E-state index in [9.17, 15) is 0 Å². The first-order valence-corrected chi connectivity index (χ1v) is 6.96. The molecule has 0 atom stereocenters. The molecule has 16 heavy (non-hydrogen) atoms. The van der Waals surface area contributed by atoms with Crippen LogP contribution in [0.2, 0.25) is 0 Å². The van der Waals surface area contributed by atoms with E-state index in [2.05, 4.69) is 50.6 Å². The molecule has 0 aliphatic carbocycles. The molecule has 2 rings (SSSR count). The van der Waals surface area contributed by atoms with Gasteiger partial charge in [-0.2, -0.15) is 0 Å². The summed E-state index contributed by atoms with van der Waals surface area (Å²) in [5.41, 5.74) is 0. The van der Waals surface area contributed by atoms with Gasteiger partial charge in [-0.1, -0.05) is 22.0 Å². The van der Waals surface area contributed by atoms with Crippen LogP contribution < -0.4 is 0 Å². The standard InChI is InChI=1S/C12H13BrN2S/c1-2-15-7-6-14-12(15)9-16-11-5-3-4-10(13)8-11/h3-8H,2,9H2,1H3. The van der Waals surface area contributed by atoms with Crippen LogP contribution in [0.1, 0.15) is 12.7 Å². The van der Waals surface area contributed by atoms with E-state index in [-0.39, 0.29) is 0 Å². The smallest absolute Gasteiger partial charge is 0.119 e. The fourth-order valence-corrected chi connectivity index (χ4v) is 2.94. The van der Waals surface area contributed by atoms with Crippen molar-refractivity contribution < 1.29 is 0 Å². The quantitative estimate of drug-likeness (QED) is 0.795. The molecule has 1 heterocycles. The highest BCUT2D eigenvalue weighted by atomic mass is 79.9. The average molecular weight is 297 g/mol. The topological polar surface area (TPSA) is 17.8 Å². The predicted octanol–water partition coefficient (Wildman–Crippen LogP) is 3.96. The Morgan fingerprint density at radius 3 is 3.06 bits per heavy atom. The third-order valence-corrected chi connectivity index (χ3v) is 3.79. The number of rotatable bonds is 4. The Morgan fingerprint density at radius 1 is 1.44 bits per heavy atom. The third-order valence-electron chi connectivity index (χ3n) is 2.31. The van der Waals surface area contributed by atoms with Crippen molar-refractivity contribution in [2.24, 2.45) is 0 Å². The normalized spacial score (nSPS) is 10.6. The van der Waals surface area contributed by atoms with Crippen LogP contribution in [0.3, 0.4) is 0 Å². The van der Waals surface area contributed by atoms with E-state index in [0.29, 0.717) is 0 Å². The molecule has 4 heteroatoms. The fraction of sp³-hybridized carbons (Fsp3) is 0.250. The van der Waals surface area contributed by atoms with Crippen LogP contribution in [0.4, 0.5) is 0 Å². The minimum absolute atomic E-state index is 0.914. The first-order valence-electron chi connectivity index (χ1n) is 5.18. The van der Waals surface area contributed by atoms with Crippen LogP contribution in [0.5, 0.6) is 0 Å².